The van der Waals surface area contributed by atoms with Gasteiger partial charge in [0.15, 0.2) is 0 Å². The Morgan fingerprint density at radius 1 is 1.42 bits per heavy atom. The molecule has 7 nitrogen and oxygen atoms in total. The van der Waals surface area contributed by atoms with Crippen molar-refractivity contribution in [1.29, 1.82) is 0 Å². The number of hydrogen-bond donors (Lipinski definition) is 0. The third kappa shape index (κ3) is 5.26. The van der Waals surface area contributed by atoms with Gasteiger partial charge in [-0.3, -0.25) is 9.98 Å². The molecule has 1 aromatic heterocycles. The summed E-state index contributed by atoms with van der Waals surface area (Å²) in [4.78, 5) is 30.6. The van der Waals surface area contributed by atoms with Gasteiger partial charge in [-0.25, -0.2) is 14.8 Å². The van der Waals surface area contributed by atoms with Gasteiger partial charge in [-0.1, -0.05) is 0 Å². The van der Waals surface area contributed by atoms with Crippen molar-refractivity contribution in [2.45, 2.75) is 39.3 Å². The molecule has 0 atom stereocenters. The molecule has 0 saturated carbocycles. The molecule has 24 heavy (non-hydrogen) atoms. The molecule has 0 radical (unpaired) electrons. The number of amides is 1. The van der Waals surface area contributed by atoms with Crippen LogP contribution in [0.2, 0.25) is 0 Å². The fourth-order valence-corrected chi connectivity index (χ4v) is 2.24. The van der Waals surface area contributed by atoms with Crippen molar-refractivity contribution in [2.24, 2.45) is 9.98 Å². The van der Waals surface area contributed by atoms with Crippen LogP contribution in [0.4, 0.5) is 4.79 Å². The maximum absolute atomic E-state index is 12.2. The molecule has 1 aromatic rings. The minimum absolute atomic E-state index is 0.331. The molecule has 2 rings (SSSR count). The fourth-order valence-electron chi connectivity index (χ4n) is 2.24. The summed E-state index contributed by atoms with van der Waals surface area (Å²) in [6, 6.07) is 1.77. The Morgan fingerprint density at radius 2 is 2.12 bits per heavy atom. The number of likely N-dealkylation sites (tertiary alicyclic amines) is 1. The molecule has 7 heteroatoms. The van der Waals surface area contributed by atoms with Crippen molar-refractivity contribution in [3.05, 3.63) is 36.1 Å². The van der Waals surface area contributed by atoms with E-state index in [0.717, 1.165) is 11.3 Å². The SMILES string of the molecule is C=N/C=C1/CN(C(=O)OC(C)(C)C)CC/C1=N/Cc1ncccn1. The van der Waals surface area contributed by atoms with Gasteiger partial charge in [0.1, 0.15) is 11.4 Å². The molecule has 0 bridgehead atoms. The van der Waals surface area contributed by atoms with Crippen LogP contribution in [0.15, 0.2) is 40.2 Å². The van der Waals surface area contributed by atoms with E-state index in [1.165, 1.54) is 0 Å². The predicted octanol–water partition coefficient (Wildman–Crippen LogP) is 2.64. The van der Waals surface area contributed by atoms with E-state index in [2.05, 4.69) is 26.7 Å². The van der Waals surface area contributed by atoms with E-state index in [0.29, 0.717) is 31.9 Å². The lowest BCUT2D eigenvalue weighted by Gasteiger charge is -2.31. The summed E-state index contributed by atoms with van der Waals surface area (Å²) in [5.41, 5.74) is 1.24. The summed E-state index contributed by atoms with van der Waals surface area (Å²) in [5.74, 6) is 0.658. The molecule has 1 amide bonds. The molecule has 0 aromatic carbocycles. The highest BCUT2D eigenvalue weighted by molar-refractivity contribution is 6.02. The first-order chi connectivity index (χ1) is 11.4. The lowest BCUT2D eigenvalue weighted by Crippen LogP contribution is -2.43. The van der Waals surface area contributed by atoms with E-state index in [4.69, 9.17) is 4.74 Å². The first-order valence-corrected chi connectivity index (χ1v) is 7.81. The standard InChI is InChI=1S/C17H23N5O2/c1-17(2,3)24-16(23)22-9-6-14(13(12-22)10-18-4)21-11-15-19-7-5-8-20-15/h5,7-8,10H,4,6,9,11-12H2,1-3H3/b13-10-,21-14-. The van der Waals surface area contributed by atoms with Gasteiger partial charge in [0.05, 0.1) is 13.1 Å². The van der Waals surface area contributed by atoms with Crippen LogP contribution in [0, 0.1) is 0 Å². The third-order valence-electron chi connectivity index (χ3n) is 3.28. The molecule has 0 N–H and O–H groups in total. The van der Waals surface area contributed by atoms with Crippen molar-refractivity contribution in [2.75, 3.05) is 13.1 Å². The van der Waals surface area contributed by atoms with Gasteiger partial charge < -0.3 is 9.64 Å². The van der Waals surface area contributed by atoms with Crippen LogP contribution in [0.25, 0.3) is 0 Å². The van der Waals surface area contributed by atoms with E-state index >= 15 is 0 Å². The van der Waals surface area contributed by atoms with Crippen LogP contribution in [0.3, 0.4) is 0 Å². The average molecular weight is 329 g/mol. The van der Waals surface area contributed by atoms with Gasteiger partial charge in [0.25, 0.3) is 0 Å². The number of carbonyl (C=O) groups is 1. The van der Waals surface area contributed by atoms with Crippen LogP contribution in [-0.2, 0) is 11.3 Å². The second kappa shape index (κ2) is 7.81. The molecule has 1 saturated heterocycles. The Hall–Kier alpha value is -2.57. The largest absolute Gasteiger partial charge is 0.444 e. The summed E-state index contributed by atoms with van der Waals surface area (Å²) in [5, 5.41) is 0. The molecule has 128 valence electrons. The molecule has 0 spiro atoms. The fraction of sp³-hybridized carbons (Fsp3) is 0.471. The van der Waals surface area contributed by atoms with Gasteiger partial charge in [-0.15, -0.1) is 0 Å². The maximum Gasteiger partial charge on any atom is 0.410 e. The van der Waals surface area contributed by atoms with Crippen molar-refractivity contribution < 1.29 is 9.53 Å². The number of nitrogens with zero attached hydrogens (tertiary/aromatic N) is 5. The lowest BCUT2D eigenvalue weighted by atomic mass is 10.0. The highest BCUT2D eigenvalue weighted by atomic mass is 16.6. The highest BCUT2D eigenvalue weighted by Crippen LogP contribution is 2.18. The van der Waals surface area contributed by atoms with Crippen LogP contribution < -0.4 is 0 Å². The van der Waals surface area contributed by atoms with Gasteiger partial charge in [0, 0.05) is 42.8 Å². The van der Waals surface area contributed by atoms with Crippen LogP contribution in [0.1, 0.15) is 33.0 Å². The topological polar surface area (TPSA) is 80.0 Å². The highest BCUT2D eigenvalue weighted by Gasteiger charge is 2.27. The van der Waals surface area contributed by atoms with Gasteiger partial charge in [0.2, 0.25) is 0 Å². The Morgan fingerprint density at radius 3 is 2.75 bits per heavy atom. The van der Waals surface area contributed by atoms with Gasteiger partial charge in [-0.05, 0) is 33.6 Å². The van der Waals surface area contributed by atoms with Crippen LogP contribution in [-0.4, -0.2) is 52.1 Å². The Balaban J connectivity index is 2.07. The monoisotopic (exact) mass is 329 g/mol. The third-order valence-corrected chi connectivity index (χ3v) is 3.28. The zero-order valence-corrected chi connectivity index (χ0v) is 14.4. The Bertz CT molecular complexity index is 647. The van der Waals surface area contributed by atoms with Crippen molar-refractivity contribution >= 4 is 18.5 Å². The zero-order valence-electron chi connectivity index (χ0n) is 14.4. The molecule has 0 unspecified atom stereocenters. The molecule has 2 heterocycles. The number of piperidine rings is 1. The second-order valence-electron chi connectivity index (χ2n) is 6.42. The number of aliphatic imine (C=N–C) groups is 2. The van der Waals surface area contributed by atoms with Gasteiger partial charge in [-0.2, -0.15) is 0 Å². The molecule has 1 aliphatic rings. The predicted molar refractivity (Wildman–Crippen MR) is 93.2 cm³/mol. The smallest absolute Gasteiger partial charge is 0.410 e. The first kappa shape index (κ1) is 17.8. The van der Waals surface area contributed by atoms with E-state index < -0.39 is 5.60 Å². The van der Waals surface area contributed by atoms with Crippen molar-refractivity contribution in [3.8, 4) is 0 Å². The van der Waals surface area contributed by atoms with E-state index in [1.54, 1.807) is 29.6 Å². The summed E-state index contributed by atoms with van der Waals surface area (Å²) >= 11 is 0. The molecule has 1 aliphatic heterocycles. The molecule has 0 aliphatic carbocycles. The van der Waals surface area contributed by atoms with E-state index in [1.807, 2.05) is 20.8 Å². The van der Waals surface area contributed by atoms with Crippen LogP contribution >= 0.6 is 0 Å². The summed E-state index contributed by atoms with van der Waals surface area (Å²) in [7, 11) is 0. The van der Waals surface area contributed by atoms with Crippen molar-refractivity contribution in [1.82, 2.24) is 14.9 Å². The van der Waals surface area contributed by atoms with Gasteiger partial charge >= 0.3 is 6.09 Å². The second-order valence-corrected chi connectivity index (χ2v) is 6.42. The Kier molecular flexibility index (Phi) is 5.78. The van der Waals surface area contributed by atoms with E-state index in [9.17, 15) is 4.79 Å². The minimum Gasteiger partial charge on any atom is -0.444 e. The number of carbonyl (C=O) groups excluding carboxylic acids is 1. The summed E-state index contributed by atoms with van der Waals surface area (Å²) < 4.78 is 5.42. The number of ether oxygens (including phenoxy) is 1. The lowest BCUT2D eigenvalue weighted by molar-refractivity contribution is 0.0267. The quantitative estimate of drug-likeness (QED) is 0.798. The maximum atomic E-state index is 12.2. The normalized spacial score (nSPS) is 18.7. The Labute approximate surface area is 142 Å². The molecular formula is C17H23N5O2. The number of rotatable bonds is 3. The van der Waals surface area contributed by atoms with Crippen molar-refractivity contribution in [3.63, 3.8) is 0 Å². The summed E-state index contributed by atoms with van der Waals surface area (Å²) in [6.45, 7) is 10.4. The number of aromatic nitrogens is 2. The van der Waals surface area contributed by atoms with E-state index in [-0.39, 0.29) is 6.09 Å². The first-order valence-electron chi connectivity index (χ1n) is 7.81. The van der Waals surface area contributed by atoms with Crippen LogP contribution in [0.5, 0.6) is 0 Å². The average Bonchev–Trinajstić information content (AvgIpc) is 2.53. The minimum atomic E-state index is -0.517. The summed E-state index contributed by atoms with van der Waals surface area (Å²) in [6.07, 6.45) is 5.32. The number of hydrogen-bond acceptors (Lipinski definition) is 6. The molecule has 1 fully saturated rings. The zero-order chi connectivity index (χ0) is 17.6. The molecular weight excluding hydrogens is 306 g/mol.